The molecule has 2 aromatic heterocycles. The van der Waals surface area contributed by atoms with Crippen molar-refractivity contribution in [2.45, 2.75) is 26.9 Å². The monoisotopic (exact) mass is 362 g/mol. The van der Waals surface area contributed by atoms with Gasteiger partial charge in [0.05, 0.1) is 5.56 Å². The molecule has 3 rings (SSSR count). The van der Waals surface area contributed by atoms with Crippen molar-refractivity contribution in [3.63, 3.8) is 0 Å². The van der Waals surface area contributed by atoms with E-state index in [0.717, 1.165) is 34.9 Å². The Morgan fingerprint density at radius 2 is 1.81 bits per heavy atom. The number of pyridine rings is 1. The topological polar surface area (TPSA) is 50.2 Å². The molecule has 0 unspecified atom stereocenters. The van der Waals surface area contributed by atoms with E-state index in [1.165, 1.54) is 5.56 Å². The lowest BCUT2D eigenvalue weighted by Gasteiger charge is -2.13. The zero-order chi connectivity index (χ0) is 19.4. The molecule has 3 aromatic rings. The lowest BCUT2D eigenvalue weighted by molar-refractivity contribution is 0.0950. The summed E-state index contributed by atoms with van der Waals surface area (Å²) < 4.78 is 2.18. The quantitative estimate of drug-likeness (QED) is 0.730. The third kappa shape index (κ3) is 4.37. The first-order chi connectivity index (χ1) is 13.0. The molecule has 2 heterocycles. The van der Waals surface area contributed by atoms with Gasteiger partial charge in [0, 0.05) is 44.8 Å². The number of nitrogens with zero attached hydrogens (tertiary/aromatic N) is 3. The molecular weight excluding hydrogens is 336 g/mol. The van der Waals surface area contributed by atoms with Gasteiger partial charge in [-0.15, -0.1) is 0 Å². The molecule has 0 bridgehead atoms. The molecule has 0 saturated carbocycles. The van der Waals surface area contributed by atoms with Crippen LogP contribution in [0.2, 0.25) is 0 Å². The molecule has 0 saturated heterocycles. The molecule has 0 fully saturated rings. The average molecular weight is 362 g/mol. The molecule has 0 aliphatic heterocycles. The minimum absolute atomic E-state index is 0.0503. The van der Waals surface area contributed by atoms with Crippen LogP contribution in [-0.4, -0.2) is 29.6 Å². The van der Waals surface area contributed by atoms with Gasteiger partial charge in [-0.1, -0.05) is 30.3 Å². The van der Waals surface area contributed by atoms with E-state index in [4.69, 9.17) is 0 Å². The summed E-state index contributed by atoms with van der Waals surface area (Å²) in [7, 11) is 3.90. The predicted octanol–water partition coefficient (Wildman–Crippen LogP) is 3.54. The predicted molar refractivity (Wildman–Crippen MR) is 109 cm³/mol. The molecule has 5 heteroatoms. The number of aryl methyl sites for hydroxylation is 1. The molecule has 140 valence electrons. The lowest BCUT2D eigenvalue weighted by Crippen LogP contribution is -2.23. The van der Waals surface area contributed by atoms with Crippen LogP contribution in [0.4, 0.5) is 5.82 Å². The van der Waals surface area contributed by atoms with E-state index in [9.17, 15) is 4.79 Å². The van der Waals surface area contributed by atoms with Crippen LogP contribution in [0.15, 0.2) is 54.7 Å². The van der Waals surface area contributed by atoms with Crippen LogP contribution in [0.5, 0.6) is 0 Å². The Balaban J connectivity index is 1.72. The number of aromatic nitrogens is 2. The van der Waals surface area contributed by atoms with Gasteiger partial charge in [-0.2, -0.15) is 0 Å². The molecule has 0 atom stereocenters. The maximum absolute atomic E-state index is 12.7. The summed E-state index contributed by atoms with van der Waals surface area (Å²) in [6, 6.07) is 16.2. The second kappa shape index (κ2) is 8.08. The first kappa shape index (κ1) is 18.7. The molecule has 0 aliphatic carbocycles. The number of amides is 1. The fourth-order valence-corrected chi connectivity index (χ4v) is 3.13. The van der Waals surface area contributed by atoms with Crippen LogP contribution in [0.25, 0.3) is 0 Å². The van der Waals surface area contributed by atoms with Gasteiger partial charge in [0.25, 0.3) is 5.91 Å². The Kier molecular flexibility index (Phi) is 5.60. The Labute approximate surface area is 160 Å². The number of anilines is 1. The van der Waals surface area contributed by atoms with Gasteiger partial charge >= 0.3 is 0 Å². The third-order valence-electron chi connectivity index (χ3n) is 4.72. The number of carbonyl (C=O) groups is 1. The third-order valence-corrected chi connectivity index (χ3v) is 4.72. The van der Waals surface area contributed by atoms with E-state index in [1.807, 2.05) is 69.2 Å². The molecule has 0 aliphatic rings. The molecule has 5 nitrogen and oxygen atoms in total. The number of nitrogens with one attached hydrogen (secondary N) is 1. The standard InChI is InChI=1S/C22H26N4O/c1-16-12-20(17(2)26(16)15-18-8-6-5-7-9-18)22(27)24-14-19-10-11-23-21(13-19)25(3)4/h5-13H,14-15H2,1-4H3,(H,24,27). The number of hydrogen-bond acceptors (Lipinski definition) is 3. The fourth-order valence-electron chi connectivity index (χ4n) is 3.13. The summed E-state index contributed by atoms with van der Waals surface area (Å²) in [5.74, 6) is 0.827. The fraction of sp³-hybridized carbons (Fsp3) is 0.273. The summed E-state index contributed by atoms with van der Waals surface area (Å²) in [6.45, 7) is 5.28. The van der Waals surface area contributed by atoms with Crippen LogP contribution >= 0.6 is 0 Å². The van der Waals surface area contributed by atoms with Gasteiger partial charge in [-0.25, -0.2) is 4.98 Å². The molecule has 27 heavy (non-hydrogen) atoms. The summed E-state index contributed by atoms with van der Waals surface area (Å²) in [5.41, 5.74) is 5.04. The summed E-state index contributed by atoms with van der Waals surface area (Å²) >= 11 is 0. The zero-order valence-corrected chi connectivity index (χ0v) is 16.4. The largest absolute Gasteiger partial charge is 0.363 e. The van der Waals surface area contributed by atoms with Crippen LogP contribution in [0.1, 0.15) is 32.9 Å². The zero-order valence-electron chi connectivity index (χ0n) is 16.4. The maximum Gasteiger partial charge on any atom is 0.253 e. The van der Waals surface area contributed by atoms with Crippen LogP contribution in [0.3, 0.4) is 0 Å². The Morgan fingerprint density at radius 1 is 1.07 bits per heavy atom. The first-order valence-corrected chi connectivity index (χ1v) is 9.07. The molecule has 1 N–H and O–H groups in total. The van der Waals surface area contributed by atoms with Gasteiger partial charge in [0.2, 0.25) is 0 Å². The average Bonchev–Trinajstić information content (AvgIpc) is 2.95. The second-order valence-corrected chi connectivity index (χ2v) is 6.96. The van der Waals surface area contributed by atoms with Crippen molar-refractivity contribution in [2.24, 2.45) is 0 Å². The summed E-state index contributed by atoms with van der Waals surface area (Å²) in [5, 5.41) is 3.03. The minimum Gasteiger partial charge on any atom is -0.363 e. The summed E-state index contributed by atoms with van der Waals surface area (Å²) in [4.78, 5) is 19.0. The first-order valence-electron chi connectivity index (χ1n) is 9.07. The van der Waals surface area contributed by atoms with Crippen molar-refractivity contribution in [3.8, 4) is 0 Å². The van der Waals surface area contributed by atoms with Crippen molar-refractivity contribution >= 4 is 11.7 Å². The van der Waals surface area contributed by atoms with Gasteiger partial charge in [0.15, 0.2) is 0 Å². The van der Waals surface area contributed by atoms with E-state index >= 15 is 0 Å². The number of benzene rings is 1. The van der Waals surface area contributed by atoms with Crippen molar-refractivity contribution < 1.29 is 4.79 Å². The van der Waals surface area contributed by atoms with Gasteiger partial charge in [0.1, 0.15) is 5.82 Å². The summed E-state index contributed by atoms with van der Waals surface area (Å²) in [6.07, 6.45) is 1.77. The highest BCUT2D eigenvalue weighted by Crippen LogP contribution is 2.17. The number of hydrogen-bond donors (Lipinski definition) is 1. The van der Waals surface area contributed by atoms with E-state index in [0.29, 0.717) is 6.54 Å². The molecule has 0 radical (unpaired) electrons. The van der Waals surface area contributed by atoms with Crippen LogP contribution < -0.4 is 10.2 Å². The van der Waals surface area contributed by atoms with Crippen molar-refractivity contribution in [1.29, 1.82) is 0 Å². The Bertz CT molecular complexity index is 929. The van der Waals surface area contributed by atoms with Gasteiger partial charge in [-0.3, -0.25) is 4.79 Å². The van der Waals surface area contributed by atoms with E-state index < -0.39 is 0 Å². The SMILES string of the molecule is Cc1cc(C(=O)NCc2ccnc(N(C)C)c2)c(C)n1Cc1ccccc1. The normalized spacial score (nSPS) is 10.7. The minimum atomic E-state index is -0.0503. The molecule has 1 amide bonds. The second-order valence-electron chi connectivity index (χ2n) is 6.96. The lowest BCUT2D eigenvalue weighted by atomic mass is 10.2. The van der Waals surface area contributed by atoms with E-state index in [2.05, 4.69) is 27.0 Å². The molecule has 1 aromatic carbocycles. The highest BCUT2D eigenvalue weighted by atomic mass is 16.1. The molecular formula is C22H26N4O. The van der Waals surface area contributed by atoms with Crippen molar-refractivity contribution in [2.75, 3.05) is 19.0 Å². The van der Waals surface area contributed by atoms with Crippen molar-refractivity contribution in [1.82, 2.24) is 14.9 Å². The smallest absolute Gasteiger partial charge is 0.253 e. The highest BCUT2D eigenvalue weighted by molar-refractivity contribution is 5.95. The maximum atomic E-state index is 12.7. The van der Waals surface area contributed by atoms with Crippen molar-refractivity contribution in [3.05, 3.63) is 82.8 Å². The van der Waals surface area contributed by atoms with Crippen LogP contribution in [0, 0.1) is 13.8 Å². The Morgan fingerprint density at radius 3 is 2.52 bits per heavy atom. The highest BCUT2D eigenvalue weighted by Gasteiger charge is 2.15. The van der Waals surface area contributed by atoms with E-state index in [-0.39, 0.29) is 5.91 Å². The Hall–Kier alpha value is -3.08. The molecule has 0 spiro atoms. The number of carbonyl (C=O) groups excluding carboxylic acids is 1. The van der Waals surface area contributed by atoms with E-state index in [1.54, 1.807) is 6.20 Å². The van der Waals surface area contributed by atoms with Gasteiger partial charge in [-0.05, 0) is 43.2 Å². The van der Waals surface area contributed by atoms with Crippen LogP contribution in [-0.2, 0) is 13.1 Å². The van der Waals surface area contributed by atoms with Gasteiger partial charge < -0.3 is 14.8 Å². The number of rotatable bonds is 6.